The van der Waals surface area contributed by atoms with E-state index in [9.17, 15) is 9.90 Å². The van der Waals surface area contributed by atoms with Gasteiger partial charge in [-0.1, -0.05) is 60.1 Å². The first-order valence-corrected chi connectivity index (χ1v) is 8.98. The van der Waals surface area contributed by atoms with Crippen molar-refractivity contribution in [3.05, 3.63) is 107 Å². The minimum Gasteiger partial charge on any atom is -0.503 e. The zero-order valence-corrected chi connectivity index (χ0v) is 15.2. The first-order chi connectivity index (χ1) is 13.1. The molecule has 1 aliphatic heterocycles. The van der Waals surface area contributed by atoms with E-state index in [4.69, 9.17) is 11.6 Å². The molecule has 0 radical (unpaired) electrons. The number of carbonyl (C=O) groups excluding carboxylic acids is 1. The Hall–Kier alpha value is -3.11. The third-order valence-corrected chi connectivity index (χ3v) is 4.85. The number of hydrogen-bond acceptors (Lipinski definition) is 3. The molecule has 1 amide bonds. The maximum Gasteiger partial charge on any atom is 0.290 e. The fourth-order valence-electron chi connectivity index (χ4n) is 3.42. The van der Waals surface area contributed by atoms with E-state index in [1.165, 1.54) is 0 Å². The molecule has 27 heavy (non-hydrogen) atoms. The van der Waals surface area contributed by atoms with Gasteiger partial charge in [-0.2, -0.15) is 0 Å². The third-order valence-electron chi connectivity index (χ3n) is 4.61. The summed E-state index contributed by atoms with van der Waals surface area (Å²) in [6, 6.07) is 21.9. The zero-order valence-electron chi connectivity index (χ0n) is 14.4. The second kappa shape index (κ2) is 7.25. The van der Waals surface area contributed by atoms with Crippen LogP contribution in [0.25, 0.3) is 5.57 Å². The fourth-order valence-corrected chi connectivity index (χ4v) is 3.62. The summed E-state index contributed by atoms with van der Waals surface area (Å²) in [6.07, 6.45) is 1.69. The van der Waals surface area contributed by atoms with Gasteiger partial charge in [-0.15, -0.1) is 0 Å². The fraction of sp³-hybridized carbons (Fsp3) is 0.0909. The molecular formula is C22H17ClN2O2. The molecule has 2 aromatic carbocycles. The van der Waals surface area contributed by atoms with E-state index in [-0.39, 0.29) is 12.3 Å². The maximum absolute atomic E-state index is 12.9. The van der Waals surface area contributed by atoms with Crippen molar-refractivity contribution in [2.45, 2.75) is 12.6 Å². The van der Waals surface area contributed by atoms with E-state index in [0.717, 1.165) is 16.8 Å². The molecule has 1 atom stereocenters. The molecular weight excluding hydrogens is 360 g/mol. The van der Waals surface area contributed by atoms with Crippen LogP contribution in [0.5, 0.6) is 0 Å². The van der Waals surface area contributed by atoms with Gasteiger partial charge in [-0.3, -0.25) is 9.78 Å². The number of aromatic nitrogens is 1. The molecule has 4 rings (SSSR count). The molecule has 0 saturated carbocycles. The summed E-state index contributed by atoms with van der Waals surface area (Å²) in [5, 5.41) is 11.3. The van der Waals surface area contributed by atoms with Crippen LogP contribution in [-0.2, 0) is 11.3 Å². The van der Waals surface area contributed by atoms with E-state index in [1.807, 2.05) is 66.7 Å². The lowest BCUT2D eigenvalue weighted by Crippen LogP contribution is -2.30. The standard InChI is InChI=1S/C22H17ClN2O2/c23-17-10-6-9-16(13-17)20-19(15-7-2-1-3-8-15)21(26)22(27)25(20)14-18-11-4-5-12-24-18/h1-13,20,26H,14H2/t20-/m0/s1. The first-order valence-electron chi connectivity index (χ1n) is 8.60. The molecule has 3 aromatic rings. The smallest absolute Gasteiger partial charge is 0.290 e. The Balaban J connectivity index is 1.83. The molecule has 4 nitrogen and oxygen atoms in total. The van der Waals surface area contributed by atoms with Crippen molar-refractivity contribution in [2.75, 3.05) is 0 Å². The minimum atomic E-state index is -0.444. The summed E-state index contributed by atoms with van der Waals surface area (Å²) in [6.45, 7) is 0.289. The van der Waals surface area contributed by atoms with Crippen LogP contribution in [0.2, 0.25) is 5.02 Å². The molecule has 0 unspecified atom stereocenters. The highest BCUT2D eigenvalue weighted by atomic mass is 35.5. The number of hydrogen-bond donors (Lipinski definition) is 1. The molecule has 0 spiro atoms. The van der Waals surface area contributed by atoms with Crippen molar-refractivity contribution >= 4 is 23.1 Å². The summed E-state index contributed by atoms with van der Waals surface area (Å²) >= 11 is 6.20. The summed E-state index contributed by atoms with van der Waals surface area (Å²) in [7, 11) is 0. The molecule has 2 heterocycles. The number of amides is 1. The lowest BCUT2D eigenvalue weighted by atomic mass is 9.93. The van der Waals surface area contributed by atoms with Crippen LogP contribution in [0.4, 0.5) is 0 Å². The van der Waals surface area contributed by atoms with Gasteiger partial charge in [0.2, 0.25) is 0 Å². The van der Waals surface area contributed by atoms with Gasteiger partial charge in [-0.25, -0.2) is 0 Å². The zero-order chi connectivity index (χ0) is 18.8. The van der Waals surface area contributed by atoms with Gasteiger partial charge in [-0.05, 0) is 35.4 Å². The Morgan fingerprint density at radius 2 is 1.78 bits per heavy atom. The third kappa shape index (κ3) is 3.32. The molecule has 1 N–H and O–H groups in total. The van der Waals surface area contributed by atoms with Gasteiger partial charge in [0.1, 0.15) is 0 Å². The van der Waals surface area contributed by atoms with E-state index in [0.29, 0.717) is 10.6 Å². The summed E-state index contributed by atoms with van der Waals surface area (Å²) < 4.78 is 0. The predicted molar refractivity (Wildman–Crippen MR) is 105 cm³/mol. The van der Waals surface area contributed by atoms with Crippen LogP contribution in [0.1, 0.15) is 22.9 Å². The second-order valence-corrected chi connectivity index (χ2v) is 6.78. The average Bonchev–Trinajstić information content (AvgIpc) is 2.94. The van der Waals surface area contributed by atoms with E-state index >= 15 is 0 Å². The highest BCUT2D eigenvalue weighted by Crippen LogP contribution is 2.43. The van der Waals surface area contributed by atoms with Gasteiger partial charge >= 0.3 is 0 Å². The van der Waals surface area contributed by atoms with Gasteiger partial charge in [0.05, 0.1) is 18.3 Å². The van der Waals surface area contributed by atoms with E-state index in [2.05, 4.69) is 4.98 Å². The second-order valence-electron chi connectivity index (χ2n) is 6.34. The van der Waals surface area contributed by atoms with Crippen molar-refractivity contribution in [1.29, 1.82) is 0 Å². The van der Waals surface area contributed by atoms with Crippen LogP contribution < -0.4 is 0 Å². The first kappa shape index (κ1) is 17.3. The van der Waals surface area contributed by atoms with Crippen molar-refractivity contribution in [1.82, 2.24) is 9.88 Å². The molecule has 0 saturated heterocycles. The van der Waals surface area contributed by atoms with Crippen LogP contribution in [0, 0.1) is 0 Å². The lowest BCUT2D eigenvalue weighted by Gasteiger charge is -2.27. The molecule has 0 aliphatic carbocycles. The van der Waals surface area contributed by atoms with Crippen molar-refractivity contribution < 1.29 is 9.90 Å². The lowest BCUT2D eigenvalue weighted by molar-refractivity contribution is -0.130. The normalized spacial score (nSPS) is 16.9. The number of aliphatic hydroxyl groups excluding tert-OH is 1. The molecule has 0 fully saturated rings. The van der Waals surface area contributed by atoms with Crippen LogP contribution in [-0.4, -0.2) is 20.9 Å². The minimum absolute atomic E-state index is 0.234. The van der Waals surface area contributed by atoms with Crippen LogP contribution >= 0.6 is 11.6 Å². The Kier molecular flexibility index (Phi) is 4.65. The number of halogens is 1. The average molecular weight is 377 g/mol. The Morgan fingerprint density at radius 3 is 2.48 bits per heavy atom. The quantitative estimate of drug-likeness (QED) is 0.712. The van der Waals surface area contributed by atoms with Crippen LogP contribution in [0.3, 0.4) is 0 Å². The van der Waals surface area contributed by atoms with Crippen molar-refractivity contribution in [2.24, 2.45) is 0 Å². The van der Waals surface area contributed by atoms with Gasteiger partial charge in [0.15, 0.2) is 5.76 Å². The molecule has 0 bridgehead atoms. The molecule has 1 aliphatic rings. The highest BCUT2D eigenvalue weighted by molar-refractivity contribution is 6.30. The summed E-state index contributed by atoms with van der Waals surface area (Å²) in [5.74, 6) is -0.647. The number of pyridine rings is 1. The Labute approximate surface area is 162 Å². The predicted octanol–water partition coefficient (Wildman–Crippen LogP) is 4.79. The SMILES string of the molecule is O=C1C(O)=C(c2ccccc2)[C@H](c2cccc(Cl)c2)N1Cc1ccccn1. The van der Waals surface area contributed by atoms with E-state index in [1.54, 1.807) is 17.2 Å². The molecule has 134 valence electrons. The Bertz CT molecular complexity index is 1000. The van der Waals surface area contributed by atoms with Crippen molar-refractivity contribution in [3.63, 3.8) is 0 Å². The van der Waals surface area contributed by atoms with Gasteiger partial charge < -0.3 is 10.0 Å². The van der Waals surface area contributed by atoms with Gasteiger partial charge in [0.25, 0.3) is 5.91 Å². The summed E-state index contributed by atoms with van der Waals surface area (Å²) in [4.78, 5) is 18.9. The number of benzene rings is 2. The highest BCUT2D eigenvalue weighted by Gasteiger charge is 2.41. The maximum atomic E-state index is 12.9. The monoisotopic (exact) mass is 376 g/mol. The van der Waals surface area contributed by atoms with E-state index < -0.39 is 11.9 Å². The molecule has 1 aromatic heterocycles. The van der Waals surface area contributed by atoms with Gasteiger partial charge in [0, 0.05) is 16.8 Å². The van der Waals surface area contributed by atoms with Crippen molar-refractivity contribution in [3.8, 4) is 0 Å². The number of rotatable bonds is 4. The van der Waals surface area contributed by atoms with Crippen LogP contribution in [0.15, 0.2) is 84.8 Å². The summed E-state index contributed by atoms with van der Waals surface area (Å²) in [5.41, 5.74) is 2.98. The number of carbonyl (C=O) groups is 1. The number of aliphatic hydroxyl groups is 1. The Morgan fingerprint density at radius 1 is 1.00 bits per heavy atom. The number of nitrogens with zero attached hydrogens (tertiary/aromatic N) is 2. The topological polar surface area (TPSA) is 53.4 Å². The molecule has 5 heteroatoms. The largest absolute Gasteiger partial charge is 0.503 e.